The molecule has 1 N–H and O–H groups in total. The van der Waals surface area contributed by atoms with Crippen LogP contribution in [0.2, 0.25) is 0 Å². The predicted molar refractivity (Wildman–Crippen MR) is 91.6 cm³/mol. The van der Waals surface area contributed by atoms with Crippen molar-refractivity contribution in [3.8, 4) is 0 Å². The standard InChI is InChI=1S/C16H21FN4O2S/c1-11-5-6-13(17)9-14(11)19-15(22)12(2)24-16-20-18-10-21(16)7-4-8-23-3/h5-6,9-10,12H,4,7-8H2,1-3H3,(H,19,22). The van der Waals surface area contributed by atoms with E-state index in [0.717, 1.165) is 18.5 Å². The van der Waals surface area contributed by atoms with E-state index < -0.39 is 5.25 Å². The van der Waals surface area contributed by atoms with Crippen molar-refractivity contribution in [3.63, 3.8) is 0 Å². The van der Waals surface area contributed by atoms with Gasteiger partial charge in [-0.25, -0.2) is 4.39 Å². The van der Waals surface area contributed by atoms with Gasteiger partial charge in [-0.3, -0.25) is 4.79 Å². The molecule has 0 radical (unpaired) electrons. The van der Waals surface area contributed by atoms with E-state index in [4.69, 9.17) is 4.74 Å². The minimum Gasteiger partial charge on any atom is -0.385 e. The topological polar surface area (TPSA) is 69.0 Å². The van der Waals surface area contributed by atoms with Crippen LogP contribution in [0.4, 0.5) is 10.1 Å². The number of nitrogens with one attached hydrogen (secondary N) is 1. The molecule has 1 atom stereocenters. The number of carbonyl (C=O) groups is 1. The molecule has 1 heterocycles. The number of hydrogen-bond acceptors (Lipinski definition) is 5. The summed E-state index contributed by atoms with van der Waals surface area (Å²) in [4.78, 5) is 12.3. The van der Waals surface area contributed by atoms with Crippen LogP contribution in [0, 0.1) is 12.7 Å². The van der Waals surface area contributed by atoms with Crippen LogP contribution in [0.5, 0.6) is 0 Å². The second-order valence-electron chi connectivity index (χ2n) is 5.36. The zero-order valence-corrected chi connectivity index (χ0v) is 14.8. The molecular formula is C16H21FN4O2S. The number of ether oxygens (including phenoxy) is 1. The summed E-state index contributed by atoms with van der Waals surface area (Å²) in [6, 6.07) is 4.32. The number of nitrogens with zero attached hydrogens (tertiary/aromatic N) is 3. The van der Waals surface area contributed by atoms with E-state index in [-0.39, 0.29) is 11.7 Å². The van der Waals surface area contributed by atoms with Crippen LogP contribution < -0.4 is 5.32 Å². The summed E-state index contributed by atoms with van der Waals surface area (Å²) in [5.74, 6) is -0.589. The summed E-state index contributed by atoms with van der Waals surface area (Å²) in [6.45, 7) is 4.97. The van der Waals surface area contributed by atoms with Gasteiger partial charge in [-0.1, -0.05) is 17.8 Å². The molecule has 0 aliphatic heterocycles. The van der Waals surface area contributed by atoms with Gasteiger partial charge in [0.15, 0.2) is 5.16 Å². The number of aryl methyl sites for hydroxylation is 2. The number of amides is 1. The average molecular weight is 352 g/mol. The monoisotopic (exact) mass is 352 g/mol. The zero-order valence-electron chi connectivity index (χ0n) is 14.0. The number of halogens is 1. The fraction of sp³-hybridized carbons (Fsp3) is 0.438. The van der Waals surface area contributed by atoms with Crippen LogP contribution in [-0.2, 0) is 16.1 Å². The molecule has 24 heavy (non-hydrogen) atoms. The second kappa shape index (κ2) is 8.79. The Labute approximate surface area is 144 Å². The van der Waals surface area contributed by atoms with Crippen LogP contribution in [0.1, 0.15) is 18.9 Å². The van der Waals surface area contributed by atoms with Gasteiger partial charge in [0.25, 0.3) is 0 Å². The van der Waals surface area contributed by atoms with Crippen molar-refractivity contribution >= 4 is 23.4 Å². The quantitative estimate of drug-likeness (QED) is 0.584. The Hall–Kier alpha value is -1.93. The van der Waals surface area contributed by atoms with Gasteiger partial charge in [0.1, 0.15) is 12.1 Å². The van der Waals surface area contributed by atoms with Crippen LogP contribution in [-0.4, -0.2) is 39.6 Å². The van der Waals surface area contributed by atoms with E-state index in [1.165, 1.54) is 23.9 Å². The fourth-order valence-corrected chi connectivity index (χ4v) is 2.89. The van der Waals surface area contributed by atoms with Gasteiger partial charge in [-0.05, 0) is 38.0 Å². The summed E-state index contributed by atoms with van der Waals surface area (Å²) in [6.07, 6.45) is 2.48. The van der Waals surface area contributed by atoms with E-state index in [0.29, 0.717) is 17.5 Å². The third-order valence-corrected chi connectivity index (χ3v) is 4.53. The first kappa shape index (κ1) is 18.4. The van der Waals surface area contributed by atoms with E-state index in [1.807, 2.05) is 11.5 Å². The van der Waals surface area contributed by atoms with E-state index in [9.17, 15) is 9.18 Å². The number of thioether (sulfide) groups is 1. The van der Waals surface area contributed by atoms with Gasteiger partial charge in [0, 0.05) is 25.9 Å². The molecule has 8 heteroatoms. The Morgan fingerprint density at radius 2 is 2.29 bits per heavy atom. The molecule has 2 rings (SSSR count). The molecule has 1 unspecified atom stereocenters. The van der Waals surface area contributed by atoms with Crippen LogP contribution >= 0.6 is 11.8 Å². The van der Waals surface area contributed by atoms with Gasteiger partial charge in [0.2, 0.25) is 5.91 Å². The zero-order chi connectivity index (χ0) is 17.5. The number of anilines is 1. The van der Waals surface area contributed by atoms with Crippen molar-refractivity contribution in [2.24, 2.45) is 0 Å². The molecule has 0 aliphatic carbocycles. The van der Waals surface area contributed by atoms with E-state index >= 15 is 0 Å². The van der Waals surface area contributed by atoms with E-state index in [2.05, 4.69) is 15.5 Å². The molecule has 0 saturated carbocycles. The lowest BCUT2D eigenvalue weighted by molar-refractivity contribution is -0.115. The fourth-order valence-electron chi connectivity index (χ4n) is 2.04. The minimum absolute atomic E-state index is 0.208. The Morgan fingerprint density at radius 3 is 3.04 bits per heavy atom. The maximum atomic E-state index is 13.3. The highest BCUT2D eigenvalue weighted by atomic mass is 32.2. The van der Waals surface area contributed by atoms with E-state index in [1.54, 1.807) is 26.4 Å². The molecule has 130 valence electrons. The number of hydrogen-bond donors (Lipinski definition) is 1. The normalized spacial score (nSPS) is 12.2. The molecule has 6 nitrogen and oxygen atoms in total. The number of aromatic nitrogens is 3. The lowest BCUT2D eigenvalue weighted by Gasteiger charge is -2.13. The number of carbonyl (C=O) groups excluding carboxylic acids is 1. The summed E-state index contributed by atoms with van der Waals surface area (Å²) >= 11 is 1.32. The number of methoxy groups -OCH3 is 1. The van der Waals surface area contributed by atoms with Crippen LogP contribution in [0.25, 0.3) is 0 Å². The van der Waals surface area contributed by atoms with Crippen molar-refractivity contribution in [1.82, 2.24) is 14.8 Å². The van der Waals surface area contributed by atoms with Crippen molar-refractivity contribution in [3.05, 3.63) is 35.9 Å². The van der Waals surface area contributed by atoms with Crippen LogP contribution in [0.3, 0.4) is 0 Å². The van der Waals surface area contributed by atoms with Gasteiger partial charge < -0.3 is 14.6 Å². The SMILES string of the molecule is COCCCn1cnnc1SC(C)C(=O)Nc1cc(F)ccc1C. The largest absolute Gasteiger partial charge is 0.385 e. The molecule has 1 amide bonds. The Kier molecular flexibility index (Phi) is 6.74. The first-order chi connectivity index (χ1) is 11.5. The maximum Gasteiger partial charge on any atom is 0.237 e. The van der Waals surface area contributed by atoms with Crippen LogP contribution in [0.15, 0.2) is 29.7 Å². The number of rotatable bonds is 8. The molecule has 2 aromatic rings. The molecule has 0 saturated heterocycles. The molecule has 1 aromatic heterocycles. The summed E-state index contributed by atoms with van der Waals surface area (Å²) < 4.78 is 20.2. The summed E-state index contributed by atoms with van der Waals surface area (Å²) in [5.41, 5.74) is 1.29. The summed E-state index contributed by atoms with van der Waals surface area (Å²) in [7, 11) is 1.66. The Morgan fingerprint density at radius 1 is 1.50 bits per heavy atom. The van der Waals surface area contributed by atoms with Crippen molar-refractivity contribution < 1.29 is 13.9 Å². The average Bonchev–Trinajstić information content (AvgIpc) is 2.98. The molecule has 1 aromatic carbocycles. The summed E-state index contributed by atoms with van der Waals surface area (Å²) in [5, 5.41) is 11.0. The number of benzene rings is 1. The van der Waals surface area contributed by atoms with Gasteiger partial charge in [-0.15, -0.1) is 10.2 Å². The van der Waals surface area contributed by atoms with Gasteiger partial charge >= 0.3 is 0 Å². The first-order valence-electron chi connectivity index (χ1n) is 7.61. The van der Waals surface area contributed by atoms with Gasteiger partial charge in [0.05, 0.1) is 5.25 Å². The molecule has 0 fully saturated rings. The highest BCUT2D eigenvalue weighted by molar-refractivity contribution is 8.00. The first-order valence-corrected chi connectivity index (χ1v) is 8.49. The highest BCUT2D eigenvalue weighted by Gasteiger charge is 2.18. The smallest absolute Gasteiger partial charge is 0.237 e. The molecule has 0 spiro atoms. The van der Waals surface area contributed by atoms with Crippen molar-refractivity contribution in [2.45, 2.75) is 37.2 Å². The highest BCUT2D eigenvalue weighted by Crippen LogP contribution is 2.23. The Bertz CT molecular complexity index is 692. The Balaban J connectivity index is 1.97. The van der Waals surface area contributed by atoms with Gasteiger partial charge in [-0.2, -0.15) is 0 Å². The third-order valence-electron chi connectivity index (χ3n) is 3.44. The molecule has 0 bridgehead atoms. The lowest BCUT2D eigenvalue weighted by Crippen LogP contribution is -2.23. The molecular weight excluding hydrogens is 331 g/mol. The predicted octanol–water partition coefficient (Wildman–Crippen LogP) is 2.88. The lowest BCUT2D eigenvalue weighted by atomic mass is 10.2. The third kappa shape index (κ3) is 5.04. The van der Waals surface area contributed by atoms with Crippen molar-refractivity contribution in [2.75, 3.05) is 19.0 Å². The maximum absolute atomic E-state index is 13.3. The second-order valence-corrected chi connectivity index (χ2v) is 6.67. The molecule has 0 aliphatic rings. The minimum atomic E-state index is -0.391. The van der Waals surface area contributed by atoms with Crippen molar-refractivity contribution in [1.29, 1.82) is 0 Å².